The molecule has 1 atom stereocenters. The van der Waals surface area contributed by atoms with Gasteiger partial charge in [-0.15, -0.1) is 0 Å². The zero-order chi connectivity index (χ0) is 12.3. The molecular formula is C10H12N2O4. The Hall–Kier alpha value is -1.98. The smallest absolute Gasteiger partial charge is 0.285 e. The van der Waals surface area contributed by atoms with E-state index < -0.39 is 16.5 Å². The largest absolute Gasteiger partial charge is 0.298 e. The number of ketones is 1. The van der Waals surface area contributed by atoms with Crippen LogP contribution in [0.25, 0.3) is 0 Å². The van der Waals surface area contributed by atoms with Gasteiger partial charge in [-0.05, 0) is 6.92 Å². The van der Waals surface area contributed by atoms with Crippen molar-refractivity contribution in [3.63, 3.8) is 0 Å². The van der Waals surface area contributed by atoms with E-state index in [-0.39, 0.29) is 17.9 Å². The van der Waals surface area contributed by atoms with Crippen molar-refractivity contribution < 1.29 is 9.72 Å². The van der Waals surface area contributed by atoms with Crippen LogP contribution in [0.3, 0.4) is 0 Å². The van der Waals surface area contributed by atoms with Crippen LogP contribution in [0.15, 0.2) is 23.1 Å². The molecule has 0 radical (unpaired) electrons. The zero-order valence-corrected chi connectivity index (χ0v) is 9.04. The molecule has 0 amide bonds. The first-order chi connectivity index (χ1) is 7.47. The molecule has 1 rings (SSSR count). The number of nitrogens with zero attached hydrogens (tertiary/aromatic N) is 2. The fraction of sp³-hybridized carbons (Fsp3) is 0.400. The summed E-state index contributed by atoms with van der Waals surface area (Å²) in [5.74, 6) is -0.136. The van der Waals surface area contributed by atoms with E-state index in [1.54, 1.807) is 13.8 Å². The number of rotatable bonds is 4. The van der Waals surface area contributed by atoms with Crippen LogP contribution in [-0.2, 0) is 4.79 Å². The van der Waals surface area contributed by atoms with Gasteiger partial charge in [0, 0.05) is 18.6 Å². The van der Waals surface area contributed by atoms with Crippen molar-refractivity contribution in [1.82, 2.24) is 4.57 Å². The van der Waals surface area contributed by atoms with Crippen LogP contribution >= 0.6 is 0 Å². The molecule has 0 aliphatic carbocycles. The van der Waals surface area contributed by atoms with Crippen molar-refractivity contribution in [1.29, 1.82) is 0 Å². The van der Waals surface area contributed by atoms with E-state index in [1.807, 2.05) is 0 Å². The van der Waals surface area contributed by atoms with Gasteiger partial charge < -0.3 is 0 Å². The Kier molecular flexibility index (Phi) is 3.55. The summed E-state index contributed by atoms with van der Waals surface area (Å²) < 4.78 is 1.09. The van der Waals surface area contributed by atoms with E-state index in [2.05, 4.69) is 0 Å². The van der Waals surface area contributed by atoms with Gasteiger partial charge in [-0.1, -0.05) is 6.92 Å². The van der Waals surface area contributed by atoms with E-state index in [0.29, 0.717) is 0 Å². The molecule has 1 unspecified atom stereocenters. The van der Waals surface area contributed by atoms with Crippen LogP contribution in [-0.4, -0.2) is 15.3 Å². The average molecular weight is 224 g/mol. The summed E-state index contributed by atoms with van der Waals surface area (Å²) in [6.07, 6.45) is 1.39. The normalized spacial score (nSPS) is 12.1. The molecule has 1 heterocycles. The Labute approximate surface area is 91.7 Å². The fourth-order valence-electron chi connectivity index (χ4n) is 1.35. The molecule has 0 bridgehead atoms. The Balaban J connectivity index is 3.22. The second-order valence-corrected chi connectivity index (χ2v) is 3.39. The minimum atomic E-state index is -0.669. The number of carbonyl (C=O) groups excluding carboxylic acids is 1. The third kappa shape index (κ3) is 2.33. The second kappa shape index (κ2) is 4.69. The molecule has 0 N–H and O–H groups in total. The number of hydrogen-bond donors (Lipinski definition) is 0. The molecule has 0 aromatic carbocycles. The van der Waals surface area contributed by atoms with Gasteiger partial charge in [0.2, 0.25) is 0 Å². The number of pyridine rings is 1. The molecule has 1 aromatic rings. The molecule has 1 aromatic heterocycles. The predicted molar refractivity (Wildman–Crippen MR) is 57.4 cm³/mol. The van der Waals surface area contributed by atoms with Crippen molar-refractivity contribution >= 4 is 11.5 Å². The van der Waals surface area contributed by atoms with Crippen molar-refractivity contribution in [2.75, 3.05) is 0 Å². The van der Waals surface area contributed by atoms with Crippen LogP contribution in [0.5, 0.6) is 0 Å². The molecule has 6 nitrogen and oxygen atoms in total. The van der Waals surface area contributed by atoms with Gasteiger partial charge in [0.15, 0.2) is 5.78 Å². The van der Waals surface area contributed by atoms with Gasteiger partial charge in [-0.2, -0.15) is 0 Å². The molecule has 0 aliphatic rings. The number of nitro groups is 1. The highest BCUT2D eigenvalue weighted by Gasteiger charge is 2.16. The maximum Gasteiger partial charge on any atom is 0.285 e. The molecule has 0 saturated heterocycles. The van der Waals surface area contributed by atoms with Crippen molar-refractivity contribution in [2.45, 2.75) is 26.3 Å². The van der Waals surface area contributed by atoms with E-state index >= 15 is 0 Å². The quantitative estimate of drug-likeness (QED) is 0.570. The molecule has 0 spiro atoms. The number of aromatic nitrogens is 1. The summed E-state index contributed by atoms with van der Waals surface area (Å²) in [6.45, 7) is 3.23. The van der Waals surface area contributed by atoms with Gasteiger partial charge in [-0.3, -0.25) is 24.3 Å². The van der Waals surface area contributed by atoms with E-state index in [9.17, 15) is 19.7 Å². The number of Topliss-reactive ketones (excluding diaryl/α,β-unsaturated/α-hetero) is 1. The van der Waals surface area contributed by atoms with E-state index in [1.165, 1.54) is 0 Å². The molecule has 0 aliphatic heterocycles. The Morgan fingerprint density at radius 1 is 1.56 bits per heavy atom. The Morgan fingerprint density at radius 2 is 2.19 bits per heavy atom. The minimum Gasteiger partial charge on any atom is -0.298 e. The summed E-state index contributed by atoms with van der Waals surface area (Å²) in [7, 11) is 0. The van der Waals surface area contributed by atoms with Crippen molar-refractivity contribution in [2.24, 2.45) is 0 Å². The first-order valence-electron chi connectivity index (χ1n) is 4.86. The van der Waals surface area contributed by atoms with E-state index in [4.69, 9.17) is 0 Å². The highest BCUT2D eigenvalue weighted by atomic mass is 16.6. The SMILES string of the molecule is CCC(=O)C(C)n1cc([N+](=O)[O-])ccc1=O. The summed E-state index contributed by atoms with van der Waals surface area (Å²) >= 11 is 0. The maximum atomic E-state index is 11.4. The van der Waals surface area contributed by atoms with E-state index in [0.717, 1.165) is 22.9 Å². The summed E-state index contributed by atoms with van der Waals surface area (Å²) in [5, 5.41) is 10.5. The number of hydrogen-bond acceptors (Lipinski definition) is 4. The van der Waals surface area contributed by atoms with Gasteiger partial charge in [0.05, 0.1) is 17.2 Å². The molecule has 16 heavy (non-hydrogen) atoms. The lowest BCUT2D eigenvalue weighted by Crippen LogP contribution is -2.27. The van der Waals surface area contributed by atoms with Gasteiger partial charge in [-0.25, -0.2) is 0 Å². The predicted octanol–water partition coefficient (Wildman–Crippen LogP) is 1.30. The van der Waals surface area contributed by atoms with Gasteiger partial charge >= 0.3 is 0 Å². The second-order valence-electron chi connectivity index (χ2n) is 3.39. The first kappa shape index (κ1) is 12.1. The number of carbonyl (C=O) groups is 1. The standard InChI is InChI=1S/C10H12N2O4/c1-3-9(13)7(2)11-6-8(12(15)16)4-5-10(11)14/h4-7H,3H2,1-2H3. The topological polar surface area (TPSA) is 82.2 Å². The molecule has 0 fully saturated rings. The monoisotopic (exact) mass is 224 g/mol. The third-order valence-electron chi connectivity index (χ3n) is 2.37. The Morgan fingerprint density at radius 3 is 2.69 bits per heavy atom. The van der Waals surface area contributed by atoms with Crippen LogP contribution in [0.4, 0.5) is 5.69 Å². The summed E-state index contributed by atoms with van der Waals surface area (Å²) in [4.78, 5) is 32.8. The highest BCUT2D eigenvalue weighted by Crippen LogP contribution is 2.12. The minimum absolute atomic E-state index is 0.136. The molecular weight excluding hydrogens is 212 g/mol. The van der Waals surface area contributed by atoms with Crippen LogP contribution in [0.1, 0.15) is 26.3 Å². The zero-order valence-electron chi connectivity index (χ0n) is 9.04. The highest BCUT2D eigenvalue weighted by molar-refractivity contribution is 5.81. The van der Waals surface area contributed by atoms with Crippen molar-refractivity contribution in [3.05, 3.63) is 38.8 Å². The average Bonchev–Trinajstić information content (AvgIpc) is 2.27. The fourth-order valence-corrected chi connectivity index (χ4v) is 1.35. The molecule has 86 valence electrons. The maximum absolute atomic E-state index is 11.4. The lowest BCUT2D eigenvalue weighted by atomic mass is 10.1. The molecule has 0 saturated carbocycles. The van der Waals surface area contributed by atoms with Crippen molar-refractivity contribution in [3.8, 4) is 0 Å². The summed E-state index contributed by atoms with van der Waals surface area (Å²) in [5.41, 5.74) is -0.616. The Bertz CT molecular complexity index is 478. The third-order valence-corrected chi connectivity index (χ3v) is 2.37. The van der Waals surface area contributed by atoms with Crippen LogP contribution < -0.4 is 5.56 Å². The molecule has 6 heteroatoms. The van der Waals surface area contributed by atoms with Crippen LogP contribution in [0.2, 0.25) is 0 Å². The van der Waals surface area contributed by atoms with Crippen LogP contribution in [0, 0.1) is 10.1 Å². The lowest BCUT2D eigenvalue weighted by Gasteiger charge is -2.12. The lowest BCUT2D eigenvalue weighted by molar-refractivity contribution is -0.385. The van der Waals surface area contributed by atoms with Gasteiger partial charge in [0.1, 0.15) is 0 Å². The van der Waals surface area contributed by atoms with Gasteiger partial charge in [0.25, 0.3) is 11.2 Å². The summed E-state index contributed by atoms with van der Waals surface area (Å²) in [6, 6.07) is 1.55. The first-order valence-corrected chi connectivity index (χ1v) is 4.86.